The van der Waals surface area contributed by atoms with Gasteiger partial charge in [-0.3, -0.25) is 14.9 Å². The Balaban J connectivity index is 2.47. The molecule has 3 N–H and O–H groups in total. The molecule has 1 fully saturated rings. The Morgan fingerprint density at radius 3 is 2.63 bits per heavy atom. The van der Waals surface area contributed by atoms with Crippen molar-refractivity contribution in [3.63, 3.8) is 0 Å². The predicted octanol–water partition coefficient (Wildman–Crippen LogP) is -0.833. The van der Waals surface area contributed by atoms with Gasteiger partial charge >= 0.3 is 0 Å². The number of piperazine rings is 1. The monoisotopic (exact) mass is 270 g/mol. The summed E-state index contributed by atoms with van der Waals surface area (Å²) >= 11 is 0. The van der Waals surface area contributed by atoms with Crippen LogP contribution in [0.1, 0.15) is 20.3 Å². The van der Waals surface area contributed by atoms with Crippen LogP contribution in [0.3, 0.4) is 0 Å². The summed E-state index contributed by atoms with van der Waals surface area (Å²) in [6.45, 7) is 5.69. The van der Waals surface area contributed by atoms with Crippen LogP contribution >= 0.6 is 0 Å². The zero-order valence-corrected chi connectivity index (χ0v) is 12.3. The van der Waals surface area contributed by atoms with Crippen LogP contribution in [0, 0.1) is 5.92 Å². The molecule has 0 spiro atoms. The van der Waals surface area contributed by atoms with Crippen molar-refractivity contribution < 1.29 is 9.59 Å². The standard InChI is InChI=1S/C13H26N4O2/c1-9(2)5-10(8-17(3)4)16-13(19)11-6-15-12(18)7-14-11/h9-11,14H,5-8H2,1-4H3,(H,15,18)(H,16,19). The minimum atomic E-state index is -0.325. The van der Waals surface area contributed by atoms with Gasteiger partial charge < -0.3 is 15.5 Å². The highest BCUT2D eigenvalue weighted by Gasteiger charge is 2.25. The fourth-order valence-corrected chi connectivity index (χ4v) is 2.24. The molecule has 2 unspecified atom stereocenters. The Kier molecular flexibility index (Phi) is 6.24. The number of rotatable bonds is 6. The molecule has 0 aromatic carbocycles. The van der Waals surface area contributed by atoms with Gasteiger partial charge in [-0.15, -0.1) is 0 Å². The molecule has 0 saturated carbocycles. The zero-order chi connectivity index (χ0) is 14.4. The van der Waals surface area contributed by atoms with Gasteiger partial charge in [-0.25, -0.2) is 0 Å². The first kappa shape index (κ1) is 15.9. The molecule has 1 aliphatic rings. The topological polar surface area (TPSA) is 73.5 Å². The SMILES string of the molecule is CC(C)CC(CN(C)C)NC(=O)C1CNC(=O)CN1. The van der Waals surface area contributed by atoms with Gasteiger partial charge in [0.25, 0.3) is 0 Å². The van der Waals surface area contributed by atoms with Crippen molar-refractivity contribution >= 4 is 11.8 Å². The third-order valence-electron chi connectivity index (χ3n) is 3.02. The van der Waals surface area contributed by atoms with E-state index in [2.05, 4.69) is 34.7 Å². The van der Waals surface area contributed by atoms with Crippen LogP contribution in [-0.4, -0.2) is 62.5 Å². The van der Waals surface area contributed by atoms with Crippen molar-refractivity contribution in [3.8, 4) is 0 Å². The van der Waals surface area contributed by atoms with E-state index in [4.69, 9.17) is 0 Å². The number of carbonyl (C=O) groups is 2. The van der Waals surface area contributed by atoms with Crippen molar-refractivity contribution in [1.29, 1.82) is 0 Å². The van der Waals surface area contributed by atoms with Crippen LogP contribution in [0.4, 0.5) is 0 Å². The molecule has 1 rings (SSSR count). The van der Waals surface area contributed by atoms with Crippen LogP contribution in [0.2, 0.25) is 0 Å². The second-order valence-electron chi connectivity index (χ2n) is 5.83. The van der Waals surface area contributed by atoms with Gasteiger partial charge in [0, 0.05) is 19.1 Å². The fraction of sp³-hybridized carbons (Fsp3) is 0.846. The predicted molar refractivity (Wildman–Crippen MR) is 74.7 cm³/mol. The van der Waals surface area contributed by atoms with Crippen molar-refractivity contribution in [2.45, 2.75) is 32.4 Å². The number of likely N-dealkylation sites (N-methyl/N-ethyl adjacent to an activating group) is 1. The maximum absolute atomic E-state index is 12.1. The van der Waals surface area contributed by atoms with Crippen LogP contribution in [0.15, 0.2) is 0 Å². The van der Waals surface area contributed by atoms with E-state index in [0.717, 1.165) is 13.0 Å². The third-order valence-corrected chi connectivity index (χ3v) is 3.02. The van der Waals surface area contributed by atoms with E-state index in [9.17, 15) is 9.59 Å². The molecule has 110 valence electrons. The van der Waals surface area contributed by atoms with E-state index in [1.165, 1.54) is 0 Å². The molecule has 6 nitrogen and oxygen atoms in total. The molecule has 0 radical (unpaired) electrons. The van der Waals surface area contributed by atoms with Crippen molar-refractivity contribution in [1.82, 2.24) is 20.9 Å². The van der Waals surface area contributed by atoms with Gasteiger partial charge in [-0.2, -0.15) is 0 Å². The molecule has 0 aromatic rings. The van der Waals surface area contributed by atoms with Gasteiger partial charge in [0.15, 0.2) is 0 Å². The van der Waals surface area contributed by atoms with Crippen molar-refractivity contribution in [3.05, 3.63) is 0 Å². The smallest absolute Gasteiger partial charge is 0.239 e. The summed E-state index contributed by atoms with van der Waals surface area (Å²) in [6.07, 6.45) is 0.947. The number of carbonyl (C=O) groups excluding carboxylic acids is 2. The molecule has 2 amide bonds. The van der Waals surface area contributed by atoms with E-state index < -0.39 is 0 Å². The molecule has 1 aliphatic heterocycles. The largest absolute Gasteiger partial charge is 0.353 e. The second kappa shape index (κ2) is 7.45. The van der Waals surface area contributed by atoms with Crippen molar-refractivity contribution in [2.75, 3.05) is 33.7 Å². The number of nitrogens with zero attached hydrogens (tertiary/aromatic N) is 1. The summed E-state index contributed by atoms with van der Waals surface area (Å²) in [7, 11) is 4.00. The van der Waals surface area contributed by atoms with Gasteiger partial charge in [-0.1, -0.05) is 13.8 Å². The van der Waals surface area contributed by atoms with Gasteiger partial charge in [0.1, 0.15) is 6.04 Å². The summed E-state index contributed by atoms with van der Waals surface area (Å²) in [5.74, 6) is 0.438. The minimum Gasteiger partial charge on any atom is -0.353 e. The summed E-state index contributed by atoms with van der Waals surface area (Å²) in [5, 5.41) is 8.71. The summed E-state index contributed by atoms with van der Waals surface area (Å²) < 4.78 is 0. The van der Waals surface area contributed by atoms with Crippen LogP contribution in [0.25, 0.3) is 0 Å². The molecule has 1 heterocycles. The number of amides is 2. The zero-order valence-electron chi connectivity index (χ0n) is 12.3. The normalized spacial score (nSPS) is 21.4. The van der Waals surface area contributed by atoms with Crippen LogP contribution in [-0.2, 0) is 9.59 Å². The first-order valence-corrected chi connectivity index (χ1v) is 6.83. The Morgan fingerprint density at radius 1 is 1.47 bits per heavy atom. The third kappa shape index (κ3) is 6.02. The molecule has 0 aromatic heterocycles. The molecule has 0 bridgehead atoms. The Bertz CT molecular complexity index is 298. The maximum Gasteiger partial charge on any atom is 0.239 e. The van der Waals surface area contributed by atoms with Crippen molar-refractivity contribution in [2.24, 2.45) is 5.92 Å². The first-order valence-electron chi connectivity index (χ1n) is 6.83. The van der Waals surface area contributed by atoms with Gasteiger partial charge in [0.2, 0.25) is 11.8 Å². The molecule has 0 aliphatic carbocycles. The Labute approximate surface area is 115 Å². The lowest BCUT2D eigenvalue weighted by Gasteiger charge is -2.28. The number of hydrogen-bond acceptors (Lipinski definition) is 4. The van der Waals surface area contributed by atoms with Gasteiger partial charge in [-0.05, 0) is 26.4 Å². The minimum absolute atomic E-state index is 0.0347. The van der Waals surface area contributed by atoms with E-state index in [-0.39, 0.29) is 30.4 Å². The number of nitrogens with one attached hydrogen (secondary N) is 3. The Morgan fingerprint density at radius 2 is 2.16 bits per heavy atom. The van der Waals surface area contributed by atoms with Gasteiger partial charge in [0.05, 0.1) is 6.54 Å². The van der Waals surface area contributed by atoms with E-state index >= 15 is 0 Å². The fourth-order valence-electron chi connectivity index (χ4n) is 2.24. The van der Waals surface area contributed by atoms with E-state index in [0.29, 0.717) is 12.5 Å². The molecular formula is C13H26N4O2. The summed E-state index contributed by atoms with van der Waals surface area (Å²) in [6, 6.07) is -0.184. The summed E-state index contributed by atoms with van der Waals surface area (Å²) in [5.41, 5.74) is 0. The highest BCUT2D eigenvalue weighted by atomic mass is 16.2. The van der Waals surface area contributed by atoms with E-state index in [1.54, 1.807) is 0 Å². The Hall–Kier alpha value is -1.14. The average molecular weight is 270 g/mol. The second-order valence-corrected chi connectivity index (χ2v) is 5.83. The molecule has 6 heteroatoms. The number of hydrogen-bond donors (Lipinski definition) is 3. The lowest BCUT2D eigenvalue weighted by molar-refractivity contribution is -0.127. The highest BCUT2D eigenvalue weighted by Crippen LogP contribution is 2.06. The highest BCUT2D eigenvalue weighted by molar-refractivity contribution is 5.86. The van der Waals surface area contributed by atoms with Crippen LogP contribution in [0.5, 0.6) is 0 Å². The quantitative estimate of drug-likeness (QED) is 0.589. The molecule has 2 atom stereocenters. The lowest BCUT2D eigenvalue weighted by atomic mass is 10.0. The maximum atomic E-state index is 12.1. The molecule has 1 saturated heterocycles. The van der Waals surface area contributed by atoms with E-state index in [1.807, 2.05) is 14.1 Å². The van der Waals surface area contributed by atoms with Crippen LogP contribution < -0.4 is 16.0 Å². The summed E-state index contributed by atoms with van der Waals surface area (Å²) in [4.78, 5) is 25.2. The lowest BCUT2D eigenvalue weighted by Crippen LogP contribution is -2.59. The molecular weight excluding hydrogens is 244 g/mol. The average Bonchev–Trinajstić information content (AvgIpc) is 2.27. The molecule has 19 heavy (non-hydrogen) atoms. The first-order chi connectivity index (χ1) is 8.88.